The number of hydrogen-bond donors (Lipinski definition) is 0. The highest BCUT2D eigenvalue weighted by atomic mass is 16.5. The van der Waals surface area contributed by atoms with Gasteiger partial charge in [-0.1, -0.05) is 45.2 Å². The summed E-state index contributed by atoms with van der Waals surface area (Å²) in [6, 6.07) is 9.12. The molecule has 21 heavy (non-hydrogen) atoms. The second-order valence-electron chi connectivity index (χ2n) is 5.11. The molecule has 3 heteroatoms. The van der Waals surface area contributed by atoms with E-state index in [-0.39, 0.29) is 5.97 Å². The molecule has 0 radical (unpaired) electrons. The Morgan fingerprint density at radius 3 is 2.62 bits per heavy atom. The van der Waals surface area contributed by atoms with Crippen LogP contribution in [0.15, 0.2) is 30.3 Å². The standard InChI is InChI=1S/C18H23NO2/c1-3-5-6-15(4-2)14-21-18(20)12-11-16-7-9-17(13-19)10-8-16/h7-12,15H,3-6,14H2,1-2H3. The topological polar surface area (TPSA) is 50.1 Å². The van der Waals surface area contributed by atoms with Gasteiger partial charge in [-0.3, -0.25) is 0 Å². The molecule has 1 aromatic rings. The van der Waals surface area contributed by atoms with Crippen molar-refractivity contribution in [3.8, 4) is 6.07 Å². The SMILES string of the molecule is CCCCC(CC)COC(=O)C=Cc1ccc(C#N)cc1. The van der Waals surface area contributed by atoms with Gasteiger partial charge in [0.25, 0.3) is 0 Å². The van der Waals surface area contributed by atoms with Crippen molar-refractivity contribution in [2.24, 2.45) is 5.92 Å². The zero-order valence-electron chi connectivity index (χ0n) is 12.8. The maximum absolute atomic E-state index is 11.7. The normalized spacial score (nSPS) is 12.0. The van der Waals surface area contributed by atoms with E-state index >= 15 is 0 Å². The zero-order chi connectivity index (χ0) is 15.5. The van der Waals surface area contributed by atoms with Gasteiger partial charge in [0, 0.05) is 6.08 Å². The summed E-state index contributed by atoms with van der Waals surface area (Å²) in [6.45, 7) is 4.78. The van der Waals surface area contributed by atoms with E-state index < -0.39 is 0 Å². The van der Waals surface area contributed by atoms with Gasteiger partial charge in [0.1, 0.15) is 0 Å². The molecule has 1 rings (SSSR count). The van der Waals surface area contributed by atoms with Crippen LogP contribution in [0.5, 0.6) is 0 Å². The fourth-order valence-corrected chi connectivity index (χ4v) is 1.98. The summed E-state index contributed by atoms with van der Waals surface area (Å²) in [5.41, 5.74) is 1.49. The first kappa shape index (κ1) is 17.0. The van der Waals surface area contributed by atoms with Gasteiger partial charge in [-0.15, -0.1) is 0 Å². The average molecular weight is 285 g/mol. The number of carbonyl (C=O) groups excluding carboxylic acids is 1. The minimum absolute atomic E-state index is 0.311. The molecule has 0 amide bonds. The molecular formula is C18H23NO2. The van der Waals surface area contributed by atoms with Crippen molar-refractivity contribution in [1.82, 2.24) is 0 Å². The maximum Gasteiger partial charge on any atom is 0.330 e. The van der Waals surface area contributed by atoms with Crippen molar-refractivity contribution in [1.29, 1.82) is 5.26 Å². The van der Waals surface area contributed by atoms with E-state index in [1.807, 2.05) is 0 Å². The summed E-state index contributed by atoms with van der Waals surface area (Å²) in [5.74, 6) is 0.145. The molecule has 0 bridgehead atoms. The molecule has 0 saturated heterocycles. The van der Waals surface area contributed by atoms with E-state index in [9.17, 15) is 4.79 Å². The van der Waals surface area contributed by atoms with Crippen molar-refractivity contribution in [2.75, 3.05) is 6.61 Å². The molecule has 0 aliphatic heterocycles. The van der Waals surface area contributed by atoms with Crippen LogP contribution in [-0.4, -0.2) is 12.6 Å². The van der Waals surface area contributed by atoms with Crippen LogP contribution in [0, 0.1) is 17.2 Å². The summed E-state index contributed by atoms with van der Waals surface area (Å²) in [7, 11) is 0. The van der Waals surface area contributed by atoms with E-state index in [4.69, 9.17) is 10.00 Å². The van der Waals surface area contributed by atoms with Crippen molar-refractivity contribution in [3.05, 3.63) is 41.5 Å². The molecule has 0 saturated carbocycles. The number of unbranched alkanes of at least 4 members (excludes halogenated alkanes) is 1. The molecule has 0 aliphatic rings. The number of ether oxygens (including phenoxy) is 1. The minimum Gasteiger partial charge on any atom is -0.462 e. The van der Waals surface area contributed by atoms with Crippen LogP contribution in [0.1, 0.15) is 50.7 Å². The Balaban J connectivity index is 2.41. The molecule has 0 fully saturated rings. The monoisotopic (exact) mass is 285 g/mol. The predicted molar refractivity (Wildman–Crippen MR) is 84.5 cm³/mol. The number of esters is 1. The second kappa shape index (κ2) is 9.77. The Morgan fingerprint density at radius 2 is 2.05 bits per heavy atom. The van der Waals surface area contributed by atoms with Crippen LogP contribution < -0.4 is 0 Å². The smallest absolute Gasteiger partial charge is 0.330 e. The average Bonchev–Trinajstić information content (AvgIpc) is 2.53. The minimum atomic E-state index is -0.311. The van der Waals surface area contributed by atoms with E-state index in [2.05, 4.69) is 19.9 Å². The third kappa shape index (κ3) is 6.76. The molecule has 0 spiro atoms. The lowest BCUT2D eigenvalue weighted by atomic mass is 10.0. The molecule has 0 N–H and O–H groups in total. The van der Waals surface area contributed by atoms with Crippen LogP contribution >= 0.6 is 0 Å². The predicted octanol–water partition coefficient (Wildman–Crippen LogP) is 4.33. The highest BCUT2D eigenvalue weighted by Gasteiger charge is 2.08. The number of nitrogens with zero attached hydrogens (tertiary/aromatic N) is 1. The number of hydrogen-bond acceptors (Lipinski definition) is 3. The third-order valence-corrected chi connectivity index (χ3v) is 3.46. The van der Waals surface area contributed by atoms with Crippen molar-refractivity contribution >= 4 is 12.0 Å². The number of benzene rings is 1. The first-order valence-corrected chi connectivity index (χ1v) is 7.54. The molecule has 1 aromatic carbocycles. The van der Waals surface area contributed by atoms with Crippen LogP contribution in [-0.2, 0) is 9.53 Å². The lowest BCUT2D eigenvalue weighted by molar-refractivity contribution is -0.139. The van der Waals surface area contributed by atoms with Crippen molar-refractivity contribution in [2.45, 2.75) is 39.5 Å². The molecule has 1 atom stereocenters. The van der Waals surface area contributed by atoms with Crippen LogP contribution in [0.4, 0.5) is 0 Å². The summed E-state index contributed by atoms with van der Waals surface area (Å²) in [4.78, 5) is 11.7. The third-order valence-electron chi connectivity index (χ3n) is 3.46. The Hall–Kier alpha value is -2.08. The van der Waals surface area contributed by atoms with Gasteiger partial charge in [-0.2, -0.15) is 5.26 Å². The Kier molecular flexibility index (Phi) is 7.89. The fourth-order valence-electron chi connectivity index (χ4n) is 1.98. The van der Waals surface area contributed by atoms with Crippen LogP contribution in [0.3, 0.4) is 0 Å². The molecule has 0 aliphatic carbocycles. The number of nitriles is 1. The maximum atomic E-state index is 11.7. The van der Waals surface area contributed by atoms with Gasteiger partial charge in [0.2, 0.25) is 0 Å². The van der Waals surface area contributed by atoms with Gasteiger partial charge in [-0.25, -0.2) is 4.79 Å². The zero-order valence-corrected chi connectivity index (χ0v) is 12.8. The summed E-state index contributed by atoms with van der Waals surface area (Å²) in [6.07, 6.45) is 7.64. The number of carbonyl (C=O) groups is 1. The summed E-state index contributed by atoms with van der Waals surface area (Å²) >= 11 is 0. The lowest BCUT2D eigenvalue weighted by Gasteiger charge is -2.13. The molecular weight excluding hydrogens is 262 g/mol. The Bertz CT molecular complexity index is 497. The van der Waals surface area contributed by atoms with E-state index in [1.54, 1.807) is 30.3 Å². The Morgan fingerprint density at radius 1 is 1.33 bits per heavy atom. The van der Waals surface area contributed by atoms with Crippen LogP contribution in [0.2, 0.25) is 0 Å². The van der Waals surface area contributed by atoms with Crippen LogP contribution in [0.25, 0.3) is 6.08 Å². The van der Waals surface area contributed by atoms with Gasteiger partial charge in [0.05, 0.1) is 18.2 Å². The largest absolute Gasteiger partial charge is 0.462 e. The van der Waals surface area contributed by atoms with Crippen molar-refractivity contribution in [3.63, 3.8) is 0 Å². The lowest BCUT2D eigenvalue weighted by Crippen LogP contribution is -2.12. The van der Waals surface area contributed by atoms with Gasteiger partial charge >= 0.3 is 5.97 Å². The quantitative estimate of drug-likeness (QED) is 0.527. The van der Waals surface area contributed by atoms with Crippen molar-refractivity contribution < 1.29 is 9.53 Å². The van der Waals surface area contributed by atoms with Gasteiger partial charge in [-0.05, 0) is 36.1 Å². The van der Waals surface area contributed by atoms with Gasteiger partial charge in [0.15, 0.2) is 0 Å². The first-order valence-electron chi connectivity index (χ1n) is 7.54. The van der Waals surface area contributed by atoms with E-state index in [1.165, 1.54) is 18.9 Å². The molecule has 0 heterocycles. The van der Waals surface area contributed by atoms with E-state index in [0.29, 0.717) is 18.1 Å². The highest BCUT2D eigenvalue weighted by Crippen LogP contribution is 2.13. The fraction of sp³-hybridized carbons (Fsp3) is 0.444. The molecule has 1 unspecified atom stereocenters. The summed E-state index contributed by atoms with van der Waals surface area (Å²) in [5, 5.41) is 8.71. The molecule has 3 nitrogen and oxygen atoms in total. The highest BCUT2D eigenvalue weighted by molar-refractivity contribution is 5.87. The first-order chi connectivity index (χ1) is 10.2. The second-order valence-corrected chi connectivity index (χ2v) is 5.11. The molecule has 112 valence electrons. The molecule has 0 aromatic heterocycles. The Labute approximate surface area is 127 Å². The van der Waals surface area contributed by atoms with E-state index in [0.717, 1.165) is 18.4 Å². The van der Waals surface area contributed by atoms with Gasteiger partial charge < -0.3 is 4.74 Å². The summed E-state index contributed by atoms with van der Waals surface area (Å²) < 4.78 is 5.28. The number of rotatable bonds is 8.